The molecule has 0 saturated carbocycles. The highest BCUT2D eigenvalue weighted by Gasteiger charge is 2.29. The average Bonchev–Trinajstić information content (AvgIpc) is 2.91. The molecule has 1 aliphatic heterocycles. The van der Waals surface area contributed by atoms with Crippen LogP contribution in [0.3, 0.4) is 0 Å². The van der Waals surface area contributed by atoms with Gasteiger partial charge in [-0.25, -0.2) is 8.42 Å². The molecule has 5 nitrogen and oxygen atoms in total. The minimum absolute atomic E-state index is 0. The highest BCUT2D eigenvalue weighted by molar-refractivity contribution is 7.89. The van der Waals surface area contributed by atoms with Crippen molar-refractivity contribution in [3.63, 3.8) is 0 Å². The summed E-state index contributed by atoms with van der Waals surface area (Å²) in [7, 11) is 2.26. The Bertz CT molecular complexity index is 540. The van der Waals surface area contributed by atoms with Crippen molar-refractivity contribution < 1.29 is 8.42 Å². The van der Waals surface area contributed by atoms with Crippen LogP contribution in [0, 0.1) is 0 Å². The molecule has 2 rings (SSSR count). The van der Waals surface area contributed by atoms with Gasteiger partial charge in [0.15, 0.2) is 0 Å². The van der Waals surface area contributed by atoms with Crippen molar-refractivity contribution in [2.45, 2.75) is 23.9 Å². The van der Waals surface area contributed by atoms with Gasteiger partial charge in [-0.15, -0.1) is 12.4 Å². The number of nitrogens with zero attached hydrogens (tertiary/aromatic N) is 2. The molecule has 1 fully saturated rings. The lowest BCUT2D eigenvalue weighted by atomic mass is 10.2. The smallest absolute Gasteiger partial charge is 0.243 e. The van der Waals surface area contributed by atoms with Gasteiger partial charge >= 0.3 is 0 Å². The monoisotopic (exact) mass is 333 g/mol. The number of rotatable bonds is 5. The van der Waals surface area contributed by atoms with Crippen LogP contribution in [-0.2, 0) is 16.6 Å². The Morgan fingerprint density at radius 1 is 1.19 bits per heavy atom. The zero-order valence-electron chi connectivity index (χ0n) is 12.7. The number of benzene rings is 1. The number of halogens is 1. The molecule has 1 aromatic rings. The van der Waals surface area contributed by atoms with E-state index in [2.05, 4.69) is 10.2 Å². The van der Waals surface area contributed by atoms with E-state index in [9.17, 15) is 8.42 Å². The van der Waals surface area contributed by atoms with Gasteiger partial charge < -0.3 is 10.2 Å². The predicted octanol–water partition coefficient (Wildman–Crippen LogP) is 1.15. The van der Waals surface area contributed by atoms with Crippen molar-refractivity contribution in [1.29, 1.82) is 0 Å². The zero-order valence-corrected chi connectivity index (χ0v) is 14.4. The van der Waals surface area contributed by atoms with E-state index in [-0.39, 0.29) is 18.4 Å². The molecule has 120 valence electrons. The first-order valence-electron chi connectivity index (χ1n) is 6.83. The maximum absolute atomic E-state index is 12.5. The van der Waals surface area contributed by atoms with Crippen molar-refractivity contribution in [3.8, 4) is 0 Å². The van der Waals surface area contributed by atoms with E-state index in [0.29, 0.717) is 4.90 Å². The van der Waals surface area contributed by atoms with E-state index in [4.69, 9.17) is 0 Å². The average molecular weight is 334 g/mol. The first kappa shape index (κ1) is 18.4. The van der Waals surface area contributed by atoms with Crippen molar-refractivity contribution in [2.24, 2.45) is 0 Å². The second-order valence-electron chi connectivity index (χ2n) is 5.55. The lowest BCUT2D eigenvalue weighted by Crippen LogP contribution is -2.38. The van der Waals surface area contributed by atoms with Gasteiger partial charge in [0.25, 0.3) is 0 Å². The number of nitrogens with one attached hydrogen (secondary N) is 1. The number of sulfonamides is 1. The summed E-state index contributed by atoms with van der Waals surface area (Å²) in [6.07, 6.45) is 0.869. The van der Waals surface area contributed by atoms with Gasteiger partial charge in [-0.05, 0) is 44.8 Å². The van der Waals surface area contributed by atoms with Crippen LogP contribution in [-0.4, -0.2) is 57.9 Å². The fourth-order valence-corrected chi connectivity index (χ4v) is 3.83. The van der Waals surface area contributed by atoms with Crippen LogP contribution in [0.1, 0.15) is 12.0 Å². The summed E-state index contributed by atoms with van der Waals surface area (Å²) in [6, 6.07) is 7.22. The second-order valence-corrected chi connectivity index (χ2v) is 7.55. The molecule has 0 radical (unpaired) electrons. The lowest BCUT2D eigenvalue weighted by Gasteiger charge is -2.23. The van der Waals surface area contributed by atoms with Gasteiger partial charge in [0.2, 0.25) is 10.0 Å². The van der Waals surface area contributed by atoms with Gasteiger partial charge in [0, 0.05) is 26.2 Å². The van der Waals surface area contributed by atoms with Gasteiger partial charge in [0.05, 0.1) is 4.90 Å². The van der Waals surface area contributed by atoms with E-state index >= 15 is 0 Å². The SMILES string of the molecule is CN(C)Cc1ccc(S(=O)(=O)N(C)C2CCNC2)cc1.Cl. The molecule has 1 aromatic carbocycles. The molecule has 7 heteroatoms. The summed E-state index contributed by atoms with van der Waals surface area (Å²) in [4.78, 5) is 2.43. The summed E-state index contributed by atoms with van der Waals surface area (Å²) in [5, 5.41) is 3.20. The van der Waals surface area contributed by atoms with Gasteiger partial charge in [0.1, 0.15) is 0 Å². The molecule has 1 heterocycles. The molecule has 1 unspecified atom stereocenters. The normalized spacial score (nSPS) is 19.0. The zero-order chi connectivity index (χ0) is 14.8. The van der Waals surface area contributed by atoms with Gasteiger partial charge in [-0.1, -0.05) is 12.1 Å². The largest absolute Gasteiger partial charge is 0.315 e. The van der Waals surface area contributed by atoms with E-state index in [0.717, 1.165) is 31.6 Å². The highest BCUT2D eigenvalue weighted by atomic mass is 35.5. The first-order valence-corrected chi connectivity index (χ1v) is 8.27. The van der Waals surface area contributed by atoms with Crippen molar-refractivity contribution in [1.82, 2.24) is 14.5 Å². The quantitative estimate of drug-likeness (QED) is 0.878. The molecular formula is C14H24ClN3O2S. The van der Waals surface area contributed by atoms with Crippen LogP contribution in [0.25, 0.3) is 0 Å². The topological polar surface area (TPSA) is 52.7 Å². The predicted molar refractivity (Wildman–Crippen MR) is 87.3 cm³/mol. The van der Waals surface area contributed by atoms with Crippen LogP contribution >= 0.6 is 12.4 Å². The minimum atomic E-state index is -3.39. The summed E-state index contributed by atoms with van der Waals surface area (Å²) >= 11 is 0. The number of hydrogen-bond acceptors (Lipinski definition) is 4. The van der Waals surface area contributed by atoms with Crippen LogP contribution < -0.4 is 5.32 Å². The minimum Gasteiger partial charge on any atom is -0.315 e. The Hall–Kier alpha value is -0.660. The third-order valence-corrected chi connectivity index (χ3v) is 5.57. The second kappa shape index (κ2) is 7.56. The Kier molecular flexibility index (Phi) is 6.62. The molecule has 21 heavy (non-hydrogen) atoms. The first-order chi connectivity index (χ1) is 9.41. The maximum atomic E-state index is 12.5. The molecule has 0 bridgehead atoms. The third-order valence-electron chi connectivity index (χ3n) is 3.65. The van der Waals surface area contributed by atoms with Crippen LogP contribution in [0.5, 0.6) is 0 Å². The molecule has 1 aliphatic rings. The van der Waals surface area contributed by atoms with Crippen molar-refractivity contribution in [3.05, 3.63) is 29.8 Å². The van der Waals surface area contributed by atoms with Crippen molar-refractivity contribution in [2.75, 3.05) is 34.2 Å². The Morgan fingerprint density at radius 2 is 1.81 bits per heavy atom. The van der Waals surface area contributed by atoms with E-state index in [1.807, 2.05) is 26.2 Å². The summed E-state index contributed by atoms with van der Waals surface area (Å²) in [5.74, 6) is 0. The standard InChI is InChI=1S/C14H23N3O2S.ClH/c1-16(2)11-12-4-6-14(7-5-12)20(18,19)17(3)13-8-9-15-10-13;/h4-7,13,15H,8-11H2,1-3H3;1H. The molecule has 1 N–H and O–H groups in total. The highest BCUT2D eigenvalue weighted by Crippen LogP contribution is 2.20. The number of likely N-dealkylation sites (N-methyl/N-ethyl adjacent to an activating group) is 1. The molecule has 0 spiro atoms. The fourth-order valence-electron chi connectivity index (χ4n) is 2.44. The van der Waals surface area contributed by atoms with Gasteiger partial charge in [-0.2, -0.15) is 4.31 Å². The van der Waals surface area contributed by atoms with Crippen molar-refractivity contribution >= 4 is 22.4 Å². The molecule has 0 aromatic heterocycles. The Labute approximate surface area is 133 Å². The van der Waals surface area contributed by atoms with E-state index < -0.39 is 10.0 Å². The van der Waals surface area contributed by atoms with E-state index in [1.54, 1.807) is 19.2 Å². The maximum Gasteiger partial charge on any atom is 0.243 e. The van der Waals surface area contributed by atoms with Crippen LogP contribution in [0.2, 0.25) is 0 Å². The summed E-state index contributed by atoms with van der Waals surface area (Å²) in [6.45, 7) is 2.42. The molecule has 1 saturated heterocycles. The van der Waals surface area contributed by atoms with Crippen LogP contribution in [0.4, 0.5) is 0 Å². The molecule has 0 aliphatic carbocycles. The fraction of sp³-hybridized carbons (Fsp3) is 0.571. The lowest BCUT2D eigenvalue weighted by molar-refractivity contribution is 0.387. The molecule has 0 amide bonds. The third kappa shape index (κ3) is 4.40. The Morgan fingerprint density at radius 3 is 2.29 bits per heavy atom. The molecular weight excluding hydrogens is 310 g/mol. The molecule has 1 atom stereocenters. The summed E-state index contributed by atoms with van der Waals surface area (Å²) < 4.78 is 26.6. The Balaban J connectivity index is 0.00000220. The van der Waals surface area contributed by atoms with E-state index in [1.165, 1.54) is 4.31 Å². The summed E-state index contributed by atoms with van der Waals surface area (Å²) in [5.41, 5.74) is 1.11. The number of hydrogen-bond donors (Lipinski definition) is 1. The van der Waals surface area contributed by atoms with Crippen LogP contribution in [0.15, 0.2) is 29.2 Å². The van der Waals surface area contributed by atoms with Gasteiger partial charge in [-0.3, -0.25) is 0 Å².